The molecule has 80 valence electrons. The van der Waals surface area contributed by atoms with E-state index in [0.29, 0.717) is 5.75 Å². The molecule has 15 heavy (non-hydrogen) atoms. The first kappa shape index (κ1) is 11.4. The fraction of sp³-hybridized carbons (Fsp3) is 0.111. The third-order valence-corrected chi connectivity index (χ3v) is 2.15. The summed E-state index contributed by atoms with van der Waals surface area (Å²) in [6.07, 6.45) is -0.858. The van der Waals surface area contributed by atoms with Crippen LogP contribution in [0.25, 0.3) is 0 Å². The maximum absolute atomic E-state index is 10.8. The lowest BCUT2D eigenvalue weighted by molar-refractivity contribution is 0.206. The maximum atomic E-state index is 10.8. The van der Waals surface area contributed by atoms with Crippen molar-refractivity contribution in [1.29, 1.82) is 0 Å². The molecule has 1 rings (SSSR count). The molecular formula is C9H10N2O3S. The molecule has 0 spiro atoms. The zero-order valence-corrected chi connectivity index (χ0v) is 8.62. The van der Waals surface area contributed by atoms with Crippen molar-refractivity contribution in [3.8, 4) is 0 Å². The van der Waals surface area contributed by atoms with E-state index in [1.165, 1.54) is 0 Å². The highest BCUT2D eigenvalue weighted by atomic mass is 32.2. The molecule has 0 aliphatic carbocycles. The number of rotatable bonds is 3. The largest absolute Gasteiger partial charge is 0.427 e. The summed E-state index contributed by atoms with van der Waals surface area (Å²) in [5, 5.41) is 1.79. The molecule has 5 nitrogen and oxygen atoms in total. The molecule has 1 aromatic carbocycles. The highest BCUT2D eigenvalue weighted by molar-refractivity contribution is 7.94. The third kappa shape index (κ3) is 4.92. The molecule has 0 aliphatic heterocycles. The predicted octanol–water partition coefficient (Wildman–Crippen LogP) is 1.64. The summed E-state index contributed by atoms with van der Waals surface area (Å²) in [6.45, 7) is 0. The first-order valence-electron chi connectivity index (χ1n) is 4.12. The Morgan fingerprint density at radius 2 is 2.00 bits per heavy atom. The average Bonchev–Trinajstić information content (AvgIpc) is 2.18. The van der Waals surface area contributed by atoms with Gasteiger partial charge in [-0.3, -0.25) is 0 Å². The van der Waals surface area contributed by atoms with E-state index in [0.717, 1.165) is 17.6 Å². The van der Waals surface area contributed by atoms with Gasteiger partial charge in [-0.15, -0.1) is 0 Å². The molecule has 0 bridgehead atoms. The SMILES string of the molecule is NC(=O)NC(=O)OSCc1ccccc1. The van der Waals surface area contributed by atoms with Crippen LogP contribution < -0.4 is 11.1 Å². The van der Waals surface area contributed by atoms with Crippen LogP contribution in [0, 0.1) is 0 Å². The van der Waals surface area contributed by atoms with Gasteiger partial charge in [-0.05, 0) is 5.56 Å². The zero-order valence-electron chi connectivity index (χ0n) is 7.80. The predicted molar refractivity (Wildman–Crippen MR) is 56.9 cm³/mol. The Balaban J connectivity index is 2.22. The number of hydrogen-bond donors (Lipinski definition) is 2. The van der Waals surface area contributed by atoms with Gasteiger partial charge < -0.3 is 9.92 Å². The maximum Gasteiger partial charge on any atom is 0.427 e. The van der Waals surface area contributed by atoms with Gasteiger partial charge >= 0.3 is 12.1 Å². The second kappa shape index (κ2) is 5.92. The summed E-state index contributed by atoms with van der Waals surface area (Å²) in [7, 11) is 0. The van der Waals surface area contributed by atoms with Crippen molar-refractivity contribution in [2.75, 3.05) is 0 Å². The van der Waals surface area contributed by atoms with Gasteiger partial charge in [0.15, 0.2) is 0 Å². The number of imide groups is 1. The van der Waals surface area contributed by atoms with Crippen molar-refractivity contribution >= 4 is 24.2 Å². The first-order valence-corrected chi connectivity index (χ1v) is 5.03. The second-order valence-electron chi connectivity index (χ2n) is 2.61. The fourth-order valence-electron chi connectivity index (χ4n) is 0.847. The van der Waals surface area contributed by atoms with E-state index in [1.807, 2.05) is 30.3 Å². The van der Waals surface area contributed by atoms with Gasteiger partial charge in [0.2, 0.25) is 0 Å². The molecule has 3 amide bonds. The normalized spacial score (nSPS) is 9.33. The Hall–Kier alpha value is -1.69. The molecule has 0 unspecified atom stereocenters. The van der Waals surface area contributed by atoms with Crippen LogP contribution >= 0.6 is 12.0 Å². The topological polar surface area (TPSA) is 81.4 Å². The zero-order chi connectivity index (χ0) is 11.1. The molecule has 0 radical (unpaired) electrons. The Labute approximate surface area is 91.2 Å². The molecule has 0 aromatic heterocycles. The van der Waals surface area contributed by atoms with Crippen LogP contribution in [-0.2, 0) is 9.94 Å². The van der Waals surface area contributed by atoms with Crippen LogP contribution in [0.5, 0.6) is 0 Å². The molecule has 0 fully saturated rings. The van der Waals surface area contributed by atoms with Crippen molar-refractivity contribution in [2.45, 2.75) is 5.75 Å². The second-order valence-corrected chi connectivity index (χ2v) is 3.30. The lowest BCUT2D eigenvalue weighted by Gasteiger charge is -2.02. The summed E-state index contributed by atoms with van der Waals surface area (Å²) in [6, 6.07) is 8.55. The number of urea groups is 1. The summed E-state index contributed by atoms with van der Waals surface area (Å²) < 4.78 is 4.62. The van der Waals surface area contributed by atoms with Gasteiger partial charge in [0.1, 0.15) is 0 Å². The van der Waals surface area contributed by atoms with Crippen molar-refractivity contribution < 1.29 is 13.8 Å². The number of nitrogens with one attached hydrogen (secondary N) is 1. The van der Waals surface area contributed by atoms with Gasteiger partial charge in [0.05, 0.1) is 17.8 Å². The number of benzene rings is 1. The molecule has 1 aromatic rings. The van der Waals surface area contributed by atoms with E-state index >= 15 is 0 Å². The number of carbonyl (C=O) groups excluding carboxylic acids is 2. The standard InChI is InChI=1S/C9H10N2O3S/c10-8(12)11-9(13)14-15-6-7-4-2-1-3-5-7/h1-5H,6H2,(H3,10,11,12,13). The van der Waals surface area contributed by atoms with Crippen LogP contribution in [0.15, 0.2) is 30.3 Å². The summed E-state index contributed by atoms with van der Waals surface area (Å²) in [5.74, 6) is 0.521. The van der Waals surface area contributed by atoms with Gasteiger partial charge in [-0.25, -0.2) is 14.9 Å². The van der Waals surface area contributed by atoms with Crippen LogP contribution in [0.1, 0.15) is 5.56 Å². The highest BCUT2D eigenvalue weighted by Crippen LogP contribution is 2.12. The van der Waals surface area contributed by atoms with Crippen molar-refractivity contribution in [3.05, 3.63) is 35.9 Å². The number of carbonyl (C=O) groups is 2. The quantitative estimate of drug-likeness (QED) is 0.767. The van der Waals surface area contributed by atoms with Gasteiger partial charge in [0.25, 0.3) is 0 Å². The molecule has 3 N–H and O–H groups in total. The Kier molecular flexibility index (Phi) is 4.49. The molecular weight excluding hydrogens is 216 g/mol. The van der Waals surface area contributed by atoms with Crippen LogP contribution in [-0.4, -0.2) is 12.1 Å². The smallest absolute Gasteiger partial charge is 0.374 e. The Morgan fingerprint density at radius 3 is 2.60 bits per heavy atom. The van der Waals surface area contributed by atoms with Crippen LogP contribution in [0.4, 0.5) is 9.59 Å². The highest BCUT2D eigenvalue weighted by Gasteiger charge is 2.05. The minimum absolute atomic E-state index is 0.521. The molecule has 0 saturated heterocycles. The van der Waals surface area contributed by atoms with E-state index < -0.39 is 12.1 Å². The lowest BCUT2D eigenvalue weighted by atomic mass is 10.2. The number of nitrogens with two attached hydrogens (primary N) is 1. The van der Waals surface area contributed by atoms with E-state index in [9.17, 15) is 9.59 Å². The molecule has 0 atom stereocenters. The van der Waals surface area contributed by atoms with Gasteiger partial charge in [-0.1, -0.05) is 30.3 Å². The minimum Gasteiger partial charge on any atom is -0.374 e. The average molecular weight is 226 g/mol. The molecule has 0 aliphatic rings. The van der Waals surface area contributed by atoms with Crippen molar-refractivity contribution in [2.24, 2.45) is 5.73 Å². The monoisotopic (exact) mass is 226 g/mol. The number of primary amides is 1. The number of amides is 3. The Bertz CT molecular complexity index is 342. The first-order chi connectivity index (χ1) is 7.18. The third-order valence-electron chi connectivity index (χ3n) is 1.43. The van der Waals surface area contributed by atoms with E-state index in [4.69, 9.17) is 5.73 Å². The van der Waals surface area contributed by atoms with Crippen LogP contribution in [0.2, 0.25) is 0 Å². The lowest BCUT2D eigenvalue weighted by Crippen LogP contribution is -2.34. The van der Waals surface area contributed by atoms with E-state index in [2.05, 4.69) is 4.18 Å². The molecule has 0 heterocycles. The van der Waals surface area contributed by atoms with E-state index in [-0.39, 0.29) is 0 Å². The molecule has 6 heteroatoms. The van der Waals surface area contributed by atoms with Crippen molar-refractivity contribution in [3.63, 3.8) is 0 Å². The van der Waals surface area contributed by atoms with Gasteiger partial charge in [0, 0.05) is 0 Å². The number of hydrogen-bond acceptors (Lipinski definition) is 4. The minimum atomic E-state index is -0.930. The van der Waals surface area contributed by atoms with E-state index in [1.54, 1.807) is 5.32 Å². The summed E-state index contributed by atoms with van der Waals surface area (Å²) in [5.41, 5.74) is 5.74. The van der Waals surface area contributed by atoms with Crippen molar-refractivity contribution in [1.82, 2.24) is 5.32 Å². The summed E-state index contributed by atoms with van der Waals surface area (Å²) >= 11 is 0.937. The van der Waals surface area contributed by atoms with Crippen LogP contribution in [0.3, 0.4) is 0 Å². The summed E-state index contributed by atoms with van der Waals surface area (Å²) in [4.78, 5) is 21.0. The molecule has 0 saturated carbocycles. The van der Waals surface area contributed by atoms with Gasteiger partial charge in [-0.2, -0.15) is 0 Å². The fourth-order valence-corrected chi connectivity index (χ4v) is 1.38. The Morgan fingerprint density at radius 1 is 1.33 bits per heavy atom.